The molecule has 2 amide bonds. The Morgan fingerprint density at radius 1 is 1.38 bits per heavy atom. The van der Waals surface area contributed by atoms with E-state index in [2.05, 4.69) is 24.1 Å². The number of carbonyl (C=O) groups excluding carboxylic acids is 2. The number of thioether (sulfide) groups is 1. The Bertz CT molecular complexity index is 636. The van der Waals surface area contributed by atoms with Crippen LogP contribution in [0.15, 0.2) is 18.2 Å². The summed E-state index contributed by atoms with van der Waals surface area (Å²) in [5.41, 5.74) is -0.150. The highest BCUT2D eigenvalue weighted by Crippen LogP contribution is 2.23. The van der Waals surface area contributed by atoms with E-state index in [1.807, 2.05) is 0 Å². The SMILES string of the molecule is CC(C)CCNC(=O)C1CSCN1C(=O)c1cccc(C(=O)O)n1. The average molecular weight is 351 g/mol. The number of carboxylic acid groups (broad SMARTS) is 1. The number of amides is 2. The van der Waals surface area contributed by atoms with Crippen molar-refractivity contribution in [1.29, 1.82) is 0 Å². The van der Waals surface area contributed by atoms with Crippen molar-refractivity contribution in [3.8, 4) is 0 Å². The van der Waals surface area contributed by atoms with Gasteiger partial charge in [0.25, 0.3) is 5.91 Å². The summed E-state index contributed by atoms with van der Waals surface area (Å²) in [6.07, 6.45) is 0.877. The van der Waals surface area contributed by atoms with Gasteiger partial charge in [-0.3, -0.25) is 9.59 Å². The lowest BCUT2D eigenvalue weighted by atomic mass is 10.1. The summed E-state index contributed by atoms with van der Waals surface area (Å²) in [6.45, 7) is 4.73. The molecule has 1 atom stereocenters. The summed E-state index contributed by atoms with van der Waals surface area (Å²) in [5, 5.41) is 11.8. The minimum atomic E-state index is -1.19. The number of aromatic nitrogens is 1. The predicted octanol–water partition coefficient (Wildman–Crippen LogP) is 1.46. The van der Waals surface area contributed by atoms with Gasteiger partial charge in [0.1, 0.15) is 17.4 Å². The third kappa shape index (κ3) is 4.47. The minimum Gasteiger partial charge on any atom is -0.477 e. The van der Waals surface area contributed by atoms with Crippen LogP contribution in [-0.2, 0) is 4.79 Å². The summed E-state index contributed by atoms with van der Waals surface area (Å²) in [5.74, 6) is -0.388. The molecule has 2 heterocycles. The number of aromatic carboxylic acids is 1. The third-order valence-electron chi connectivity index (χ3n) is 3.65. The molecule has 0 aliphatic carbocycles. The first-order valence-corrected chi connectivity index (χ1v) is 8.92. The lowest BCUT2D eigenvalue weighted by Crippen LogP contribution is -2.47. The van der Waals surface area contributed by atoms with Crippen LogP contribution in [0.4, 0.5) is 0 Å². The van der Waals surface area contributed by atoms with E-state index in [-0.39, 0.29) is 17.3 Å². The first kappa shape index (κ1) is 18.3. The lowest BCUT2D eigenvalue weighted by Gasteiger charge is -2.23. The van der Waals surface area contributed by atoms with Crippen LogP contribution in [0.2, 0.25) is 0 Å². The Morgan fingerprint density at radius 2 is 2.08 bits per heavy atom. The molecule has 1 fully saturated rings. The number of nitrogens with zero attached hydrogens (tertiary/aromatic N) is 2. The number of rotatable bonds is 6. The van der Waals surface area contributed by atoms with Crippen LogP contribution in [0, 0.1) is 5.92 Å². The van der Waals surface area contributed by atoms with E-state index in [9.17, 15) is 14.4 Å². The van der Waals surface area contributed by atoms with Gasteiger partial charge in [-0.1, -0.05) is 19.9 Å². The Kier molecular flexibility index (Phi) is 6.19. The number of hydrogen-bond donors (Lipinski definition) is 2. The van der Waals surface area contributed by atoms with Gasteiger partial charge in [-0.25, -0.2) is 9.78 Å². The van der Waals surface area contributed by atoms with Gasteiger partial charge in [-0.2, -0.15) is 0 Å². The molecule has 1 aliphatic heterocycles. The molecule has 8 heteroatoms. The Hall–Kier alpha value is -2.09. The van der Waals surface area contributed by atoms with Gasteiger partial charge < -0.3 is 15.3 Å². The fourth-order valence-corrected chi connectivity index (χ4v) is 3.44. The molecular formula is C16H21N3O4S. The van der Waals surface area contributed by atoms with Crippen molar-refractivity contribution in [2.75, 3.05) is 18.2 Å². The molecule has 2 N–H and O–H groups in total. The molecule has 1 aromatic rings. The number of carbonyl (C=O) groups is 3. The molecule has 24 heavy (non-hydrogen) atoms. The lowest BCUT2D eigenvalue weighted by molar-refractivity contribution is -0.124. The van der Waals surface area contributed by atoms with Gasteiger partial charge in [-0.05, 0) is 24.5 Å². The van der Waals surface area contributed by atoms with Crippen LogP contribution in [0.25, 0.3) is 0 Å². The van der Waals surface area contributed by atoms with E-state index < -0.39 is 17.9 Å². The molecule has 0 saturated carbocycles. The topological polar surface area (TPSA) is 99.6 Å². The summed E-state index contributed by atoms with van der Waals surface area (Å²) in [4.78, 5) is 41.2. The van der Waals surface area contributed by atoms with Crippen molar-refractivity contribution in [3.05, 3.63) is 29.6 Å². The van der Waals surface area contributed by atoms with E-state index in [1.54, 1.807) is 0 Å². The molecule has 0 radical (unpaired) electrons. The Labute approximate surface area is 144 Å². The highest BCUT2D eigenvalue weighted by Gasteiger charge is 2.35. The molecule has 1 unspecified atom stereocenters. The van der Waals surface area contributed by atoms with Crippen LogP contribution in [0.3, 0.4) is 0 Å². The zero-order valence-electron chi connectivity index (χ0n) is 13.7. The molecule has 1 aliphatic rings. The second-order valence-corrected chi connectivity index (χ2v) is 6.98. The molecule has 0 spiro atoms. The van der Waals surface area contributed by atoms with Crippen LogP contribution >= 0.6 is 11.8 Å². The molecule has 0 aromatic carbocycles. The smallest absolute Gasteiger partial charge is 0.354 e. The summed E-state index contributed by atoms with van der Waals surface area (Å²) >= 11 is 1.49. The highest BCUT2D eigenvalue weighted by molar-refractivity contribution is 7.99. The van der Waals surface area contributed by atoms with Crippen molar-refractivity contribution < 1.29 is 19.5 Å². The second-order valence-electron chi connectivity index (χ2n) is 5.98. The highest BCUT2D eigenvalue weighted by atomic mass is 32.2. The number of carboxylic acids is 1. The van der Waals surface area contributed by atoms with Gasteiger partial charge >= 0.3 is 5.97 Å². The monoisotopic (exact) mass is 351 g/mol. The summed E-state index contributed by atoms with van der Waals surface area (Å²) in [7, 11) is 0. The quantitative estimate of drug-likeness (QED) is 0.805. The fourth-order valence-electron chi connectivity index (χ4n) is 2.28. The normalized spacial score (nSPS) is 17.1. The van der Waals surface area contributed by atoms with E-state index in [0.29, 0.717) is 24.1 Å². The minimum absolute atomic E-state index is 0.0392. The van der Waals surface area contributed by atoms with E-state index in [0.717, 1.165) is 6.42 Å². The maximum Gasteiger partial charge on any atom is 0.354 e. The fraction of sp³-hybridized carbons (Fsp3) is 0.500. The first-order valence-electron chi connectivity index (χ1n) is 7.77. The van der Waals surface area contributed by atoms with Crippen molar-refractivity contribution in [2.24, 2.45) is 5.92 Å². The molecule has 0 bridgehead atoms. The van der Waals surface area contributed by atoms with Gasteiger partial charge in [-0.15, -0.1) is 11.8 Å². The molecular weight excluding hydrogens is 330 g/mol. The molecule has 130 valence electrons. The zero-order valence-corrected chi connectivity index (χ0v) is 14.5. The zero-order chi connectivity index (χ0) is 17.7. The third-order valence-corrected chi connectivity index (χ3v) is 4.67. The van der Waals surface area contributed by atoms with Gasteiger partial charge in [0.05, 0.1) is 5.88 Å². The van der Waals surface area contributed by atoms with Crippen LogP contribution in [0.5, 0.6) is 0 Å². The Balaban J connectivity index is 2.06. The molecule has 1 aromatic heterocycles. The number of pyridine rings is 1. The summed E-state index contributed by atoms with van der Waals surface area (Å²) in [6, 6.07) is 3.72. The Morgan fingerprint density at radius 3 is 2.75 bits per heavy atom. The van der Waals surface area contributed by atoms with E-state index in [4.69, 9.17) is 5.11 Å². The first-order chi connectivity index (χ1) is 11.4. The van der Waals surface area contributed by atoms with Crippen molar-refractivity contribution in [1.82, 2.24) is 15.2 Å². The summed E-state index contributed by atoms with van der Waals surface area (Å²) < 4.78 is 0. The van der Waals surface area contributed by atoms with Gasteiger partial charge in [0.15, 0.2) is 0 Å². The molecule has 7 nitrogen and oxygen atoms in total. The number of hydrogen-bond acceptors (Lipinski definition) is 5. The van der Waals surface area contributed by atoms with Crippen molar-refractivity contribution >= 4 is 29.5 Å². The standard InChI is InChI=1S/C16H21N3O4S/c1-10(2)6-7-17-14(20)13-8-24-9-19(13)15(21)11-4-3-5-12(18-11)16(22)23/h3-5,10,13H,6-9H2,1-2H3,(H,17,20)(H,22,23). The van der Waals surface area contributed by atoms with E-state index >= 15 is 0 Å². The largest absolute Gasteiger partial charge is 0.477 e. The van der Waals surface area contributed by atoms with Crippen LogP contribution in [0.1, 0.15) is 41.2 Å². The number of nitrogens with one attached hydrogen (secondary N) is 1. The molecule has 2 rings (SSSR count). The maximum absolute atomic E-state index is 12.6. The van der Waals surface area contributed by atoms with Crippen LogP contribution < -0.4 is 5.32 Å². The van der Waals surface area contributed by atoms with Gasteiger partial charge in [0, 0.05) is 12.3 Å². The van der Waals surface area contributed by atoms with Crippen molar-refractivity contribution in [3.63, 3.8) is 0 Å². The molecule has 1 saturated heterocycles. The maximum atomic E-state index is 12.6. The van der Waals surface area contributed by atoms with Crippen molar-refractivity contribution in [2.45, 2.75) is 26.3 Å². The van der Waals surface area contributed by atoms with Crippen LogP contribution in [-0.4, -0.2) is 57.0 Å². The average Bonchev–Trinajstić information content (AvgIpc) is 3.03. The second kappa shape index (κ2) is 8.14. The predicted molar refractivity (Wildman–Crippen MR) is 90.9 cm³/mol. The van der Waals surface area contributed by atoms with Gasteiger partial charge in [0.2, 0.25) is 5.91 Å². The van der Waals surface area contributed by atoms with E-state index in [1.165, 1.54) is 34.9 Å².